The van der Waals surface area contributed by atoms with E-state index >= 15 is 0 Å². The predicted molar refractivity (Wildman–Crippen MR) is 78.4 cm³/mol. The molecule has 0 bridgehead atoms. The van der Waals surface area contributed by atoms with Gasteiger partial charge in [-0.3, -0.25) is 4.79 Å². The van der Waals surface area contributed by atoms with Gasteiger partial charge in [-0.1, -0.05) is 23.9 Å². The normalized spacial score (nSPS) is 10.6. The average Bonchev–Trinajstić information content (AvgIpc) is 2.75. The maximum Gasteiger partial charge on any atom is 0.191 e. The lowest BCUT2D eigenvalue weighted by molar-refractivity contribution is 0.101. The Balaban J connectivity index is 1.88. The van der Waals surface area contributed by atoms with Crippen molar-refractivity contribution in [2.75, 3.05) is 12.4 Å². The van der Waals surface area contributed by atoms with Crippen LogP contribution in [-0.2, 0) is 7.05 Å². The second kappa shape index (κ2) is 6.56. The number of hydrogen-bond acceptors (Lipinski definition) is 5. The standard InChI is InChI=1S/C14H17N3O2S/c1-10(18)12-6-4-5-7-13(12)19-8-9-20-14-16-15-11(2)17(14)3/h4-7H,8-9H2,1-3H3. The molecule has 0 saturated heterocycles. The van der Waals surface area contributed by atoms with E-state index in [1.165, 1.54) is 0 Å². The zero-order valence-electron chi connectivity index (χ0n) is 11.8. The molecule has 1 heterocycles. The summed E-state index contributed by atoms with van der Waals surface area (Å²) in [5, 5.41) is 8.94. The molecule has 0 aliphatic rings. The summed E-state index contributed by atoms with van der Waals surface area (Å²) in [6.07, 6.45) is 0. The van der Waals surface area contributed by atoms with Crippen molar-refractivity contribution in [3.63, 3.8) is 0 Å². The van der Waals surface area contributed by atoms with Crippen LogP contribution in [0.25, 0.3) is 0 Å². The first kappa shape index (κ1) is 14.6. The molecule has 1 aromatic heterocycles. The number of carbonyl (C=O) groups excluding carboxylic acids is 1. The molecule has 0 fully saturated rings. The van der Waals surface area contributed by atoms with Gasteiger partial charge in [-0.2, -0.15) is 0 Å². The van der Waals surface area contributed by atoms with E-state index in [-0.39, 0.29) is 5.78 Å². The van der Waals surface area contributed by atoms with Gasteiger partial charge in [0.05, 0.1) is 12.2 Å². The number of ether oxygens (including phenoxy) is 1. The highest BCUT2D eigenvalue weighted by Gasteiger charge is 2.08. The Labute approximate surface area is 122 Å². The van der Waals surface area contributed by atoms with Crippen LogP contribution < -0.4 is 4.74 Å². The van der Waals surface area contributed by atoms with E-state index in [0.717, 1.165) is 16.7 Å². The van der Waals surface area contributed by atoms with Crippen molar-refractivity contribution < 1.29 is 9.53 Å². The quantitative estimate of drug-likeness (QED) is 0.465. The Morgan fingerprint density at radius 2 is 2.10 bits per heavy atom. The van der Waals surface area contributed by atoms with Crippen molar-refractivity contribution in [3.05, 3.63) is 35.7 Å². The largest absolute Gasteiger partial charge is 0.492 e. The monoisotopic (exact) mass is 291 g/mol. The van der Waals surface area contributed by atoms with Crippen LogP contribution in [0.4, 0.5) is 0 Å². The van der Waals surface area contributed by atoms with Gasteiger partial charge in [0.25, 0.3) is 0 Å². The third-order valence-electron chi connectivity index (χ3n) is 2.89. The molecule has 0 radical (unpaired) electrons. The highest BCUT2D eigenvalue weighted by molar-refractivity contribution is 7.99. The Morgan fingerprint density at radius 3 is 2.75 bits per heavy atom. The van der Waals surface area contributed by atoms with Gasteiger partial charge in [0.2, 0.25) is 0 Å². The highest BCUT2D eigenvalue weighted by atomic mass is 32.2. The fourth-order valence-electron chi connectivity index (χ4n) is 1.68. The van der Waals surface area contributed by atoms with Gasteiger partial charge in [0.1, 0.15) is 11.6 Å². The highest BCUT2D eigenvalue weighted by Crippen LogP contribution is 2.20. The number of aromatic nitrogens is 3. The van der Waals surface area contributed by atoms with Crippen molar-refractivity contribution in [1.29, 1.82) is 0 Å². The van der Waals surface area contributed by atoms with Crippen LogP contribution in [-0.4, -0.2) is 32.9 Å². The van der Waals surface area contributed by atoms with Crippen molar-refractivity contribution >= 4 is 17.5 Å². The molecule has 0 atom stereocenters. The van der Waals surface area contributed by atoms with Gasteiger partial charge in [0.15, 0.2) is 10.9 Å². The number of ketones is 1. The molecule has 106 valence electrons. The second-order valence-electron chi connectivity index (χ2n) is 4.34. The molecule has 6 heteroatoms. The van der Waals surface area contributed by atoms with Crippen LogP contribution >= 0.6 is 11.8 Å². The number of aryl methyl sites for hydroxylation is 1. The van der Waals surface area contributed by atoms with Crippen molar-refractivity contribution in [2.45, 2.75) is 19.0 Å². The summed E-state index contributed by atoms with van der Waals surface area (Å²) < 4.78 is 7.61. The molecule has 0 saturated carbocycles. The Kier molecular flexibility index (Phi) is 4.79. The molecule has 0 unspecified atom stereocenters. The number of carbonyl (C=O) groups is 1. The first-order valence-electron chi connectivity index (χ1n) is 6.31. The lowest BCUT2D eigenvalue weighted by atomic mass is 10.1. The van der Waals surface area contributed by atoms with Crippen LogP contribution in [0.15, 0.2) is 29.4 Å². The Morgan fingerprint density at radius 1 is 1.35 bits per heavy atom. The van der Waals surface area contributed by atoms with Gasteiger partial charge in [-0.05, 0) is 26.0 Å². The van der Waals surface area contributed by atoms with Crippen LogP contribution in [0.3, 0.4) is 0 Å². The van der Waals surface area contributed by atoms with E-state index in [0.29, 0.717) is 17.9 Å². The second-order valence-corrected chi connectivity index (χ2v) is 5.40. The minimum atomic E-state index is 0.0113. The SMILES string of the molecule is CC(=O)c1ccccc1OCCSc1nnc(C)n1C. The lowest BCUT2D eigenvalue weighted by Gasteiger charge is -2.09. The summed E-state index contributed by atoms with van der Waals surface area (Å²) in [6, 6.07) is 7.28. The number of rotatable bonds is 6. The predicted octanol–water partition coefficient (Wildman–Crippen LogP) is 2.50. The summed E-state index contributed by atoms with van der Waals surface area (Å²) >= 11 is 1.58. The summed E-state index contributed by atoms with van der Waals surface area (Å²) in [5.74, 6) is 2.28. The van der Waals surface area contributed by atoms with Crippen molar-refractivity contribution in [1.82, 2.24) is 14.8 Å². The molecule has 20 heavy (non-hydrogen) atoms. The van der Waals surface area contributed by atoms with Gasteiger partial charge in [-0.15, -0.1) is 10.2 Å². The molecular weight excluding hydrogens is 274 g/mol. The van der Waals surface area contributed by atoms with E-state index in [4.69, 9.17) is 4.74 Å². The van der Waals surface area contributed by atoms with Crippen molar-refractivity contribution in [2.24, 2.45) is 7.05 Å². The topological polar surface area (TPSA) is 57.0 Å². The summed E-state index contributed by atoms with van der Waals surface area (Å²) in [4.78, 5) is 11.5. The number of Topliss-reactive ketones (excluding diaryl/α,β-unsaturated/α-hetero) is 1. The number of benzene rings is 1. The lowest BCUT2D eigenvalue weighted by Crippen LogP contribution is -2.05. The minimum absolute atomic E-state index is 0.0113. The molecule has 0 spiro atoms. The van der Waals surface area contributed by atoms with E-state index in [9.17, 15) is 4.79 Å². The van der Waals surface area contributed by atoms with Gasteiger partial charge < -0.3 is 9.30 Å². The molecule has 0 aliphatic heterocycles. The smallest absolute Gasteiger partial charge is 0.191 e. The van der Waals surface area contributed by atoms with Gasteiger partial charge in [0, 0.05) is 12.8 Å². The Bertz CT molecular complexity index is 610. The number of hydrogen-bond donors (Lipinski definition) is 0. The maximum atomic E-state index is 11.5. The fourth-order valence-corrected chi connectivity index (χ4v) is 2.45. The van der Waals surface area contributed by atoms with E-state index in [1.807, 2.05) is 36.7 Å². The van der Waals surface area contributed by atoms with E-state index < -0.39 is 0 Å². The molecule has 0 amide bonds. The molecule has 1 aromatic carbocycles. The summed E-state index contributed by atoms with van der Waals surface area (Å²) in [7, 11) is 1.93. The van der Waals surface area contributed by atoms with Crippen LogP contribution in [0.1, 0.15) is 23.1 Å². The third kappa shape index (κ3) is 3.39. The first-order valence-corrected chi connectivity index (χ1v) is 7.29. The van der Waals surface area contributed by atoms with Crippen LogP contribution in [0.2, 0.25) is 0 Å². The molecule has 0 N–H and O–H groups in total. The molecular formula is C14H17N3O2S. The summed E-state index contributed by atoms with van der Waals surface area (Å²) in [5.41, 5.74) is 0.618. The maximum absolute atomic E-state index is 11.5. The zero-order valence-corrected chi connectivity index (χ0v) is 12.6. The molecule has 2 aromatic rings. The van der Waals surface area contributed by atoms with Gasteiger partial charge >= 0.3 is 0 Å². The first-order chi connectivity index (χ1) is 9.59. The zero-order chi connectivity index (χ0) is 14.5. The molecule has 2 rings (SSSR count). The minimum Gasteiger partial charge on any atom is -0.492 e. The van der Waals surface area contributed by atoms with Crippen molar-refractivity contribution in [3.8, 4) is 5.75 Å². The van der Waals surface area contributed by atoms with Crippen LogP contribution in [0, 0.1) is 6.92 Å². The summed E-state index contributed by atoms with van der Waals surface area (Å²) in [6.45, 7) is 3.97. The Hall–Kier alpha value is -1.82. The average molecular weight is 291 g/mol. The van der Waals surface area contributed by atoms with E-state index in [1.54, 1.807) is 24.8 Å². The van der Waals surface area contributed by atoms with E-state index in [2.05, 4.69) is 10.2 Å². The number of nitrogens with zero attached hydrogens (tertiary/aromatic N) is 3. The fraction of sp³-hybridized carbons (Fsp3) is 0.357. The number of thioether (sulfide) groups is 1. The van der Waals surface area contributed by atoms with Crippen LogP contribution in [0.5, 0.6) is 5.75 Å². The number of para-hydroxylation sites is 1. The molecule has 5 nitrogen and oxygen atoms in total. The third-order valence-corrected chi connectivity index (χ3v) is 3.88. The molecule has 0 aliphatic carbocycles. The van der Waals surface area contributed by atoms with Gasteiger partial charge in [-0.25, -0.2) is 0 Å².